The third kappa shape index (κ3) is 2.63. The number of nitrogens with one attached hydrogen (secondary N) is 1. The molecule has 0 heterocycles. The smallest absolute Gasteiger partial charge is 0.0133 e. The van der Waals surface area contributed by atoms with Gasteiger partial charge in [0.05, 0.1) is 0 Å². The van der Waals surface area contributed by atoms with E-state index in [4.69, 9.17) is 0 Å². The summed E-state index contributed by atoms with van der Waals surface area (Å²) >= 11 is 0. The summed E-state index contributed by atoms with van der Waals surface area (Å²) in [6.07, 6.45) is 4.86. The van der Waals surface area contributed by atoms with Crippen LogP contribution in [0.1, 0.15) is 40.5 Å². The molecule has 1 rings (SSSR count). The van der Waals surface area contributed by atoms with Crippen molar-refractivity contribution >= 4 is 0 Å². The normalized spacial score (nSPS) is 30.6. The molecule has 0 spiro atoms. The summed E-state index contributed by atoms with van der Waals surface area (Å²) in [5.41, 5.74) is 1.56. The van der Waals surface area contributed by atoms with Gasteiger partial charge in [-0.05, 0) is 25.7 Å². The van der Waals surface area contributed by atoms with Crippen LogP contribution in [0.3, 0.4) is 0 Å². The van der Waals surface area contributed by atoms with Crippen molar-refractivity contribution in [3.05, 3.63) is 11.6 Å². The molecule has 0 saturated carbocycles. The van der Waals surface area contributed by atoms with Gasteiger partial charge in [-0.15, -0.1) is 0 Å². The Bertz CT molecular complexity index is 170. The lowest BCUT2D eigenvalue weighted by Gasteiger charge is -2.30. The second-order valence-corrected chi connectivity index (χ2v) is 4.40. The lowest BCUT2D eigenvalue weighted by Crippen LogP contribution is -2.40. The van der Waals surface area contributed by atoms with Crippen LogP contribution in [0.25, 0.3) is 0 Å². The average molecular weight is 167 g/mol. The van der Waals surface area contributed by atoms with E-state index in [0.717, 1.165) is 5.92 Å². The van der Waals surface area contributed by atoms with Crippen molar-refractivity contribution in [3.8, 4) is 0 Å². The Kier molecular flexibility index (Phi) is 3.33. The van der Waals surface area contributed by atoms with Gasteiger partial charge in [0, 0.05) is 12.1 Å². The lowest BCUT2D eigenvalue weighted by molar-refractivity contribution is 0.337. The quantitative estimate of drug-likeness (QED) is 0.624. The number of rotatable bonds is 2. The van der Waals surface area contributed by atoms with Crippen LogP contribution >= 0.6 is 0 Å². The standard InChI is InChI=1S/C11H21N/c1-8(2)12-11-6-5-9(3)7-10(11)4/h5,8,10-12H,6-7H2,1-4H3. The van der Waals surface area contributed by atoms with Gasteiger partial charge in [-0.3, -0.25) is 0 Å². The van der Waals surface area contributed by atoms with Gasteiger partial charge >= 0.3 is 0 Å². The van der Waals surface area contributed by atoms with Gasteiger partial charge in [0.15, 0.2) is 0 Å². The molecule has 0 radical (unpaired) electrons. The Labute approximate surface area is 76.2 Å². The minimum absolute atomic E-state index is 0.615. The molecular weight excluding hydrogens is 146 g/mol. The van der Waals surface area contributed by atoms with Gasteiger partial charge in [-0.1, -0.05) is 32.4 Å². The Morgan fingerprint density at radius 3 is 2.67 bits per heavy atom. The molecule has 0 amide bonds. The molecule has 1 heteroatoms. The summed E-state index contributed by atoms with van der Waals surface area (Å²) in [5.74, 6) is 0.803. The van der Waals surface area contributed by atoms with Crippen LogP contribution in [0.15, 0.2) is 11.6 Å². The molecule has 0 fully saturated rings. The molecule has 0 bridgehead atoms. The van der Waals surface area contributed by atoms with Crippen LogP contribution in [-0.2, 0) is 0 Å². The summed E-state index contributed by atoms with van der Waals surface area (Å²) in [6, 6.07) is 1.32. The molecular formula is C11H21N. The van der Waals surface area contributed by atoms with E-state index in [1.54, 1.807) is 5.57 Å². The van der Waals surface area contributed by atoms with Gasteiger partial charge in [0.2, 0.25) is 0 Å². The van der Waals surface area contributed by atoms with Crippen LogP contribution < -0.4 is 5.32 Å². The molecule has 0 aliphatic heterocycles. The van der Waals surface area contributed by atoms with E-state index in [2.05, 4.69) is 39.1 Å². The van der Waals surface area contributed by atoms with Crippen molar-refractivity contribution in [1.82, 2.24) is 5.32 Å². The van der Waals surface area contributed by atoms with E-state index in [1.165, 1.54) is 12.8 Å². The molecule has 1 aliphatic carbocycles. The summed E-state index contributed by atoms with van der Waals surface area (Å²) < 4.78 is 0. The third-order valence-corrected chi connectivity index (χ3v) is 2.60. The van der Waals surface area contributed by atoms with Gasteiger partial charge in [0.1, 0.15) is 0 Å². The highest BCUT2D eigenvalue weighted by Crippen LogP contribution is 2.23. The van der Waals surface area contributed by atoms with Crippen molar-refractivity contribution < 1.29 is 0 Å². The summed E-state index contributed by atoms with van der Waals surface area (Å²) in [6.45, 7) is 9.02. The Morgan fingerprint density at radius 2 is 2.17 bits per heavy atom. The highest BCUT2D eigenvalue weighted by molar-refractivity contribution is 5.07. The fourth-order valence-corrected chi connectivity index (χ4v) is 1.95. The highest BCUT2D eigenvalue weighted by atomic mass is 14.9. The van der Waals surface area contributed by atoms with E-state index in [1.807, 2.05) is 0 Å². The molecule has 0 aromatic carbocycles. The third-order valence-electron chi connectivity index (χ3n) is 2.60. The van der Waals surface area contributed by atoms with E-state index < -0.39 is 0 Å². The number of allylic oxidation sites excluding steroid dienone is 1. The zero-order valence-electron chi connectivity index (χ0n) is 8.72. The van der Waals surface area contributed by atoms with Crippen LogP contribution in [0.4, 0.5) is 0 Å². The molecule has 2 atom stereocenters. The predicted octanol–water partition coefficient (Wildman–Crippen LogP) is 2.73. The topological polar surface area (TPSA) is 12.0 Å². The molecule has 12 heavy (non-hydrogen) atoms. The van der Waals surface area contributed by atoms with E-state index in [-0.39, 0.29) is 0 Å². The van der Waals surface area contributed by atoms with Crippen LogP contribution in [0.5, 0.6) is 0 Å². The lowest BCUT2D eigenvalue weighted by atomic mass is 9.86. The first kappa shape index (κ1) is 9.79. The maximum absolute atomic E-state index is 3.61. The Hall–Kier alpha value is -0.300. The van der Waals surface area contributed by atoms with E-state index in [0.29, 0.717) is 12.1 Å². The van der Waals surface area contributed by atoms with Crippen LogP contribution in [0, 0.1) is 5.92 Å². The largest absolute Gasteiger partial charge is 0.311 e. The maximum atomic E-state index is 3.61. The monoisotopic (exact) mass is 167 g/mol. The minimum Gasteiger partial charge on any atom is -0.311 e. The van der Waals surface area contributed by atoms with Crippen molar-refractivity contribution in [1.29, 1.82) is 0 Å². The number of hydrogen-bond donors (Lipinski definition) is 1. The zero-order chi connectivity index (χ0) is 9.14. The van der Waals surface area contributed by atoms with Crippen molar-refractivity contribution in [3.63, 3.8) is 0 Å². The van der Waals surface area contributed by atoms with Crippen LogP contribution in [-0.4, -0.2) is 12.1 Å². The Morgan fingerprint density at radius 1 is 1.50 bits per heavy atom. The zero-order valence-corrected chi connectivity index (χ0v) is 8.72. The van der Waals surface area contributed by atoms with Gasteiger partial charge in [-0.2, -0.15) is 0 Å². The first-order valence-corrected chi connectivity index (χ1v) is 5.01. The molecule has 70 valence electrons. The van der Waals surface area contributed by atoms with Gasteiger partial charge in [0.25, 0.3) is 0 Å². The fraction of sp³-hybridized carbons (Fsp3) is 0.818. The highest BCUT2D eigenvalue weighted by Gasteiger charge is 2.20. The molecule has 2 unspecified atom stereocenters. The fourth-order valence-electron chi connectivity index (χ4n) is 1.95. The minimum atomic E-state index is 0.615. The summed E-state index contributed by atoms with van der Waals surface area (Å²) in [4.78, 5) is 0. The molecule has 0 aromatic rings. The Balaban J connectivity index is 2.46. The SMILES string of the molecule is CC1=CCC(NC(C)C)C(C)C1. The molecule has 0 saturated heterocycles. The van der Waals surface area contributed by atoms with E-state index in [9.17, 15) is 0 Å². The summed E-state index contributed by atoms with van der Waals surface area (Å²) in [5, 5.41) is 3.61. The first-order valence-electron chi connectivity index (χ1n) is 5.01. The van der Waals surface area contributed by atoms with Crippen LogP contribution in [0.2, 0.25) is 0 Å². The van der Waals surface area contributed by atoms with Crippen molar-refractivity contribution in [2.45, 2.75) is 52.6 Å². The second-order valence-electron chi connectivity index (χ2n) is 4.40. The second kappa shape index (κ2) is 4.08. The summed E-state index contributed by atoms with van der Waals surface area (Å²) in [7, 11) is 0. The molecule has 1 N–H and O–H groups in total. The molecule has 1 aliphatic rings. The maximum Gasteiger partial charge on any atom is 0.0133 e. The number of hydrogen-bond acceptors (Lipinski definition) is 1. The first-order chi connectivity index (χ1) is 5.59. The van der Waals surface area contributed by atoms with Crippen molar-refractivity contribution in [2.75, 3.05) is 0 Å². The molecule has 0 aromatic heterocycles. The van der Waals surface area contributed by atoms with E-state index >= 15 is 0 Å². The van der Waals surface area contributed by atoms with Crippen molar-refractivity contribution in [2.24, 2.45) is 5.92 Å². The molecule has 1 nitrogen and oxygen atoms in total. The van der Waals surface area contributed by atoms with Gasteiger partial charge < -0.3 is 5.32 Å². The average Bonchev–Trinajstić information content (AvgIpc) is 1.94. The van der Waals surface area contributed by atoms with Gasteiger partial charge in [-0.25, -0.2) is 0 Å². The predicted molar refractivity (Wildman–Crippen MR) is 54.2 cm³/mol.